The van der Waals surface area contributed by atoms with Crippen LogP contribution in [-0.4, -0.2) is 35.2 Å². The number of nitrogens with one attached hydrogen (secondary N) is 2. The number of para-hydroxylation sites is 1. The number of hydrogen-bond acceptors (Lipinski definition) is 7. The van der Waals surface area contributed by atoms with Gasteiger partial charge in [0.1, 0.15) is 10.8 Å². The van der Waals surface area contributed by atoms with Crippen LogP contribution in [-0.2, 0) is 17.6 Å². The lowest BCUT2D eigenvalue weighted by Gasteiger charge is -2.18. The summed E-state index contributed by atoms with van der Waals surface area (Å²) in [5, 5.41) is 7.39. The van der Waals surface area contributed by atoms with Crippen molar-refractivity contribution in [2.75, 3.05) is 18.5 Å². The lowest BCUT2D eigenvalue weighted by atomic mass is 9.88. The summed E-state index contributed by atoms with van der Waals surface area (Å²) in [6, 6.07) is 17.0. The Kier molecular flexibility index (Phi) is 9.18. The third kappa shape index (κ3) is 6.63. The first kappa shape index (κ1) is 29.7. The molecule has 2 aromatic carbocycles. The summed E-state index contributed by atoms with van der Waals surface area (Å²) >= 11 is 7.09. The SMILES string of the molecule is CCOC(=O)c1c(NC(=S)NC(=O)c2cc(-c3cccc(OCC(C)C)c3)nc3ccccc23)sc2c1CCC(C)C2. The number of pyridine rings is 1. The van der Waals surface area contributed by atoms with Gasteiger partial charge in [-0.15, -0.1) is 11.3 Å². The van der Waals surface area contributed by atoms with Crippen LogP contribution in [0.2, 0.25) is 0 Å². The number of benzene rings is 2. The molecule has 5 rings (SSSR count). The topological polar surface area (TPSA) is 89.6 Å². The Morgan fingerprint density at radius 3 is 2.74 bits per heavy atom. The molecular formula is C33H35N3O4S2. The number of carbonyl (C=O) groups excluding carboxylic acids is 2. The fourth-order valence-electron chi connectivity index (χ4n) is 5.08. The Morgan fingerprint density at radius 1 is 1.14 bits per heavy atom. The van der Waals surface area contributed by atoms with Crippen LogP contribution < -0.4 is 15.4 Å². The molecule has 0 fully saturated rings. The zero-order valence-corrected chi connectivity index (χ0v) is 25.9. The van der Waals surface area contributed by atoms with Crippen LogP contribution in [0.25, 0.3) is 22.2 Å². The van der Waals surface area contributed by atoms with Crippen molar-refractivity contribution in [3.63, 3.8) is 0 Å². The van der Waals surface area contributed by atoms with Gasteiger partial charge in [-0.05, 0) is 80.1 Å². The summed E-state index contributed by atoms with van der Waals surface area (Å²) in [6.07, 6.45) is 2.74. The van der Waals surface area contributed by atoms with Gasteiger partial charge in [-0.3, -0.25) is 10.1 Å². The largest absolute Gasteiger partial charge is 0.493 e. The minimum absolute atomic E-state index is 0.115. The van der Waals surface area contributed by atoms with E-state index in [1.165, 1.54) is 11.3 Å². The highest BCUT2D eigenvalue weighted by atomic mass is 32.1. The van der Waals surface area contributed by atoms with Crippen LogP contribution in [0.15, 0.2) is 54.6 Å². The van der Waals surface area contributed by atoms with Crippen molar-refractivity contribution in [2.45, 2.75) is 47.0 Å². The molecule has 0 saturated heterocycles. The fourth-order valence-corrected chi connectivity index (χ4v) is 6.74. The van der Waals surface area contributed by atoms with E-state index in [4.69, 9.17) is 26.7 Å². The molecule has 2 heterocycles. The highest BCUT2D eigenvalue weighted by Gasteiger charge is 2.29. The molecule has 1 atom stereocenters. The van der Waals surface area contributed by atoms with Gasteiger partial charge in [-0.25, -0.2) is 9.78 Å². The summed E-state index contributed by atoms with van der Waals surface area (Å²) in [6.45, 7) is 9.10. The molecule has 1 amide bonds. The second-order valence-corrected chi connectivity index (χ2v) is 12.5. The van der Waals surface area contributed by atoms with Crippen molar-refractivity contribution >= 4 is 56.4 Å². The average molecular weight is 602 g/mol. The number of thiocarbonyl (C=S) groups is 1. The molecule has 1 unspecified atom stereocenters. The number of nitrogens with zero attached hydrogens (tertiary/aromatic N) is 1. The van der Waals surface area contributed by atoms with Crippen molar-refractivity contribution in [2.24, 2.45) is 11.8 Å². The summed E-state index contributed by atoms with van der Waals surface area (Å²) < 4.78 is 11.3. The normalized spacial score (nSPS) is 14.4. The molecule has 2 aromatic heterocycles. The number of ether oxygens (including phenoxy) is 2. The van der Waals surface area contributed by atoms with E-state index in [1.54, 1.807) is 13.0 Å². The summed E-state index contributed by atoms with van der Waals surface area (Å²) in [5.41, 5.74) is 4.18. The molecule has 1 aliphatic carbocycles. The molecule has 42 heavy (non-hydrogen) atoms. The highest BCUT2D eigenvalue weighted by Crippen LogP contribution is 2.40. The Labute approximate surface area is 255 Å². The van der Waals surface area contributed by atoms with Gasteiger partial charge >= 0.3 is 5.97 Å². The molecule has 218 valence electrons. The zero-order valence-electron chi connectivity index (χ0n) is 24.3. The van der Waals surface area contributed by atoms with Crippen LogP contribution in [0.5, 0.6) is 5.75 Å². The first-order chi connectivity index (χ1) is 20.2. The number of hydrogen-bond donors (Lipinski definition) is 2. The van der Waals surface area contributed by atoms with E-state index in [9.17, 15) is 9.59 Å². The number of carbonyl (C=O) groups is 2. The number of anilines is 1. The first-order valence-corrected chi connectivity index (χ1v) is 15.5. The van der Waals surface area contributed by atoms with Gasteiger partial charge in [-0.1, -0.05) is 51.1 Å². The van der Waals surface area contributed by atoms with Crippen LogP contribution in [0.4, 0.5) is 5.00 Å². The van der Waals surface area contributed by atoms with E-state index in [-0.39, 0.29) is 23.6 Å². The molecule has 0 bridgehead atoms. The maximum Gasteiger partial charge on any atom is 0.341 e. The van der Waals surface area contributed by atoms with E-state index in [2.05, 4.69) is 31.4 Å². The number of rotatable bonds is 8. The third-order valence-electron chi connectivity index (χ3n) is 7.12. The van der Waals surface area contributed by atoms with Gasteiger partial charge in [0, 0.05) is 15.8 Å². The minimum atomic E-state index is -0.370. The molecule has 0 radical (unpaired) electrons. The standard InChI is InChI=1S/C33H35N3O4S2/c1-5-39-32(38)29-24-14-13-20(4)15-28(24)42-31(29)36-33(41)35-30(37)25-17-27(34-26-12-7-6-11-23(25)26)21-9-8-10-22(16-21)40-18-19(2)3/h6-12,16-17,19-20H,5,13-15,18H2,1-4H3,(H2,35,36,37,41). The minimum Gasteiger partial charge on any atom is -0.493 e. The van der Waals surface area contributed by atoms with E-state index in [0.29, 0.717) is 51.2 Å². The van der Waals surface area contributed by atoms with Gasteiger partial charge in [0.2, 0.25) is 0 Å². The monoisotopic (exact) mass is 601 g/mol. The number of thiophene rings is 1. The van der Waals surface area contributed by atoms with E-state index in [0.717, 1.165) is 41.0 Å². The van der Waals surface area contributed by atoms with Gasteiger partial charge in [0.15, 0.2) is 5.11 Å². The Morgan fingerprint density at radius 2 is 1.95 bits per heavy atom. The molecule has 4 aromatic rings. The first-order valence-electron chi connectivity index (χ1n) is 14.3. The molecule has 0 saturated carbocycles. The van der Waals surface area contributed by atoms with Gasteiger partial charge in [0.05, 0.1) is 35.6 Å². The summed E-state index contributed by atoms with van der Waals surface area (Å²) in [4.78, 5) is 32.6. The predicted octanol–water partition coefficient (Wildman–Crippen LogP) is 7.43. The third-order valence-corrected chi connectivity index (χ3v) is 8.49. The Balaban J connectivity index is 1.42. The fraction of sp³-hybridized carbons (Fsp3) is 0.333. The van der Waals surface area contributed by atoms with Crippen LogP contribution in [0.1, 0.15) is 65.3 Å². The van der Waals surface area contributed by atoms with Crippen molar-refractivity contribution in [3.8, 4) is 17.0 Å². The molecule has 9 heteroatoms. The number of aromatic nitrogens is 1. The van der Waals surface area contributed by atoms with Crippen molar-refractivity contribution in [1.29, 1.82) is 0 Å². The lowest BCUT2D eigenvalue weighted by Crippen LogP contribution is -2.34. The Bertz CT molecular complexity index is 1650. The number of amides is 1. The smallest absolute Gasteiger partial charge is 0.341 e. The van der Waals surface area contributed by atoms with Crippen molar-refractivity contribution < 1.29 is 19.1 Å². The molecule has 1 aliphatic rings. The van der Waals surface area contributed by atoms with Gasteiger partial charge < -0.3 is 14.8 Å². The molecule has 2 N–H and O–H groups in total. The summed E-state index contributed by atoms with van der Waals surface area (Å²) in [5.74, 6) is 0.954. The molecule has 0 spiro atoms. The average Bonchev–Trinajstić information content (AvgIpc) is 3.32. The van der Waals surface area contributed by atoms with Gasteiger partial charge in [-0.2, -0.15) is 0 Å². The second-order valence-electron chi connectivity index (χ2n) is 11.0. The highest BCUT2D eigenvalue weighted by molar-refractivity contribution is 7.80. The van der Waals surface area contributed by atoms with Crippen LogP contribution in [0.3, 0.4) is 0 Å². The second kappa shape index (κ2) is 13.0. The lowest BCUT2D eigenvalue weighted by molar-refractivity contribution is 0.0526. The van der Waals surface area contributed by atoms with Crippen molar-refractivity contribution in [3.05, 3.63) is 76.2 Å². The van der Waals surface area contributed by atoms with Crippen LogP contribution in [0, 0.1) is 11.8 Å². The molecular weight excluding hydrogens is 567 g/mol. The Hall–Kier alpha value is -3.82. The summed E-state index contributed by atoms with van der Waals surface area (Å²) in [7, 11) is 0. The zero-order chi connectivity index (χ0) is 29.8. The number of fused-ring (bicyclic) bond motifs is 2. The van der Waals surface area contributed by atoms with E-state index >= 15 is 0 Å². The maximum absolute atomic E-state index is 13.7. The number of esters is 1. The van der Waals surface area contributed by atoms with E-state index in [1.807, 2.05) is 48.5 Å². The molecule has 0 aliphatic heterocycles. The van der Waals surface area contributed by atoms with Crippen molar-refractivity contribution in [1.82, 2.24) is 10.3 Å². The van der Waals surface area contributed by atoms with Crippen LogP contribution >= 0.6 is 23.6 Å². The predicted molar refractivity (Wildman–Crippen MR) is 173 cm³/mol. The quantitative estimate of drug-likeness (QED) is 0.160. The maximum atomic E-state index is 13.7. The van der Waals surface area contributed by atoms with Gasteiger partial charge in [0.25, 0.3) is 5.91 Å². The van der Waals surface area contributed by atoms with E-state index < -0.39 is 0 Å². The molecule has 7 nitrogen and oxygen atoms in total.